The number of aryl methyl sites for hydroxylation is 1. The number of carbonyl (C=O) groups is 1. The molecule has 1 fully saturated rings. The van der Waals surface area contributed by atoms with Crippen molar-refractivity contribution in [3.8, 4) is 0 Å². The molecule has 1 aliphatic rings. The van der Waals surface area contributed by atoms with Crippen LogP contribution in [0.5, 0.6) is 0 Å². The number of hydrogen-bond acceptors (Lipinski definition) is 5. The van der Waals surface area contributed by atoms with Gasteiger partial charge >= 0.3 is 6.03 Å². The maximum absolute atomic E-state index is 12.1. The van der Waals surface area contributed by atoms with Crippen LogP contribution in [-0.2, 0) is 4.74 Å². The Hall–Kier alpha value is -2.09. The number of benzene rings is 1. The van der Waals surface area contributed by atoms with Gasteiger partial charge in [0, 0.05) is 30.7 Å². The number of halogens is 1. The van der Waals surface area contributed by atoms with E-state index >= 15 is 0 Å². The van der Waals surface area contributed by atoms with E-state index in [1.165, 1.54) is 0 Å². The number of rotatable bonds is 5. The standard InChI is InChI=1S/C17H21ClN4O3/c1-12-10-16(21-25-12)20-17(23)19-11-15(22-6-8-24-9-7-22)13-2-4-14(18)5-3-13/h2-5,10,15H,6-9,11H2,1H3,(H2,19,20,21,23)/t15-/m1/s1. The molecular formula is C17H21ClN4O3. The molecule has 2 amide bonds. The number of aromatic nitrogens is 1. The molecule has 1 atom stereocenters. The van der Waals surface area contributed by atoms with Crippen LogP contribution in [0.1, 0.15) is 17.4 Å². The molecule has 8 heteroatoms. The van der Waals surface area contributed by atoms with Crippen LogP contribution in [0.15, 0.2) is 34.9 Å². The molecule has 0 bridgehead atoms. The van der Waals surface area contributed by atoms with E-state index in [9.17, 15) is 4.79 Å². The van der Waals surface area contributed by atoms with E-state index in [-0.39, 0.29) is 12.1 Å². The van der Waals surface area contributed by atoms with Gasteiger partial charge in [-0.15, -0.1) is 0 Å². The Kier molecular flexibility index (Phi) is 5.91. The van der Waals surface area contributed by atoms with E-state index in [0.29, 0.717) is 36.4 Å². The van der Waals surface area contributed by atoms with E-state index < -0.39 is 0 Å². The summed E-state index contributed by atoms with van der Waals surface area (Å²) in [6.07, 6.45) is 0. The Morgan fingerprint density at radius 2 is 2.04 bits per heavy atom. The second-order valence-corrected chi connectivity index (χ2v) is 6.31. The molecule has 1 aliphatic heterocycles. The van der Waals surface area contributed by atoms with Gasteiger partial charge in [0.05, 0.1) is 19.3 Å². The molecule has 2 aromatic rings. The third kappa shape index (κ3) is 4.94. The van der Waals surface area contributed by atoms with Gasteiger partial charge in [0.25, 0.3) is 0 Å². The van der Waals surface area contributed by atoms with Crippen molar-refractivity contribution in [3.05, 3.63) is 46.7 Å². The Balaban J connectivity index is 1.64. The van der Waals surface area contributed by atoms with Crippen molar-refractivity contribution in [2.75, 3.05) is 38.2 Å². The van der Waals surface area contributed by atoms with Crippen molar-refractivity contribution in [3.63, 3.8) is 0 Å². The summed E-state index contributed by atoms with van der Waals surface area (Å²) in [7, 11) is 0. The second kappa shape index (κ2) is 8.33. The van der Waals surface area contributed by atoms with Crippen molar-refractivity contribution >= 4 is 23.4 Å². The van der Waals surface area contributed by atoms with Gasteiger partial charge in [0.2, 0.25) is 0 Å². The summed E-state index contributed by atoms with van der Waals surface area (Å²) >= 11 is 5.99. The highest BCUT2D eigenvalue weighted by Gasteiger charge is 2.23. The Labute approximate surface area is 151 Å². The first kappa shape index (κ1) is 17.7. The summed E-state index contributed by atoms with van der Waals surface area (Å²) in [5.41, 5.74) is 1.10. The van der Waals surface area contributed by atoms with Gasteiger partial charge in [-0.05, 0) is 24.6 Å². The highest BCUT2D eigenvalue weighted by Crippen LogP contribution is 2.23. The van der Waals surface area contributed by atoms with E-state index in [4.69, 9.17) is 20.9 Å². The second-order valence-electron chi connectivity index (χ2n) is 5.87. The zero-order valence-electron chi connectivity index (χ0n) is 14.0. The van der Waals surface area contributed by atoms with Crippen molar-refractivity contribution in [2.45, 2.75) is 13.0 Å². The summed E-state index contributed by atoms with van der Waals surface area (Å²) in [5.74, 6) is 1.03. The molecule has 1 aromatic carbocycles. The first-order valence-corrected chi connectivity index (χ1v) is 8.55. The van der Waals surface area contributed by atoms with Crippen LogP contribution in [-0.4, -0.2) is 48.9 Å². The topological polar surface area (TPSA) is 79.6 Å². The van der Waals surface area contributed by atoms with Crippen molar-refractivity contribution in [1.29, 1.82) is 0 Å². The molecule has 0 spiro atoms. The SMILES string of the molecule is Cc1cc(NC(=O)NC[C@H](c2ccc(Cl)cc2)N2CCOCC2)no1. The molecule has 134 valence electrons. The fourth-order valence-corrected chi connectivity index (χ4v) is 2.93. The number of anilines is 1. The van der Waals surface area contributed by atoms with Crippen LogP contribution >= 0.6 is 11.6 Å². The van der Waals surface area contributed by atoms with Crippen molar-refractivity contribution in [1.82, 2.24) is 15.4 Å². The average Bonchev–Trinajstić information content (AvgIpc) is 3.02. The number of morpholine rings is 1. The molecule has 0 radical (unpaired) electrons. The fourth-order valence-electron chi connectivity index (χ4n) is 2.81. The molecule has 2 heterocycles. The Bertz CT molecular complexity index is 698. The lowest BCUT2D eigenvalue weighted by molar-refractivity contribution is 0.0168. The molecule has 2 N–H and O–H groups in total. The molecule has 0 saturated carbocycles. The monoisotopic (exact) mass is 364 g/mol. The number of urea groups is 1. The summed E-state index contributed by atoms with van der Waals surface area (Å²) in [4.78, 5) is 14.4. The number of nitrogens with one attached hydrogen (secondary N) is 2. The Morgan fingerprint density at radius 1 is 1.32 bits per heavy atom. The lowest BCUT2D eigenvalue weighted by Crippen LogP contribution is -2.44. The lowest BCUT2D eigenvalue weighted by Gasteiger charge is -2.34. The summed E-state index contributed by atoms with van der Waals surface area (Å²) in [6, 6.07) is 9.10. The Morgan fingerprint density at radius 3 is 2.68 bits per heavy atom. The number of carbonyl (C=O) groups excluding carboxylic acids is 1. The molecule has 1 saturated heterocycles. The highest BCUT2D eigenvalue weighted by molar-refractivity contribution is 6.30. The quantitative estimate of drug-likeness (QED) is 0.852. The number of ether oxygens (including phenoxy) is 1. The molecule has 3 rings (SSSR count). The zero-order valence-corrected chi connectivity index (χ0v) is 14.8. The summed E-state index contributed by atoms with van der Waals surface area (Å²) < 4.78 is 10.4. The van der Waals surface area contributed by atoms with Crippen LogP contribution in [0, 0.1) is 6.92 Å². The molecule has 0 unspecified atom stereocenters. The smallest absolute Gasteiger partial charge is 0.320 e. The number of amides is 2. The predicted octanol–water partition coefficient (Wildman–Crippen LogP) is 2.83. The van der Waals surface area contributed by atoms with Crippen molar-refractivity contribution < 1.29 is 14.1 Å². The summed E-state index contributed by atoms with van der Waals surface area (Å²) in [6.45, 7) is 5.25. The third-order valence-corrected chi connectivity index (χ3v) is 4.32. The molecule has 0 aliphatic carbocycles. The normalized spacial score (nSPS) is 16.4. The minimum atomic E-state index is -0.319. The maximum Gasteiger partial charge on any atom is 0.320 e. The van der Waals surface area contributed by atoms with Crippen LogP contribution in [0.4, 0.5) is 10.6 Å². The molecule has 1 aromatic heterocycles. The maximum atomic E-state index is 12.1. The van der Waals surface area contributed by atoms with Crippen LogP contribution in [0.3, 0.4) is 0 Å². The molecular weight excluding hydrogens is 344 g/mol. The number of hydrogen-bond donors (Lipinski definition) is 2. The molecule has 25 heavy (non-hydrogen) atoms. The number of nitrogens with zero attached hydrogens (tertiary/aromatic N) is 2. The molecule has 7 nitrogen and oxygen atoms in total. The van der Waals surface area contributed by atoms with Gasteiger partial charge in [-0.3, -0.25) is 10.2 Å². The van der Waals surface area contributed by atoms with Gasteiger partial charge < -0.3 is 14.6 Å². The first-order valence-electron chi connectivity index (χ1n) is 8.17. The van der Waals surface area contributed by atoms with E-state index in [2.05, 4.69) is 20.7 Å². The minimum absolute atomic E-state index is 0.0472. The van der Waals surface area contributed by atoms with Gasteiger partial charge in [-0.2, -0.15) is 0 Å². The zero-order chi connectivity index (χ0) is 17.6. The average molecular weight is 365 g/mol. The first-order chi connectivity index (χ1) is 12.1. The van der Waals surface area contributed by atoms with Gasteiger partial charge in [-0.1, -0.05) is 28.9 Å². The van der Waals surface area contributed by atoms with Crippen LogP contribution in [0.25, 0.3) is 0 Å². The van der Waals surface area contributed by atoms with Crippen LogP contribution in [0.2, 0.25) is 5.02 Å². The third-order valence-electron chi connectivity index (χ3n) is 4.07. The van der Waals surface area contributed by atoms with Crippen molar-refractivity contribution in [2.24, 2.45) is 0 Å². The fraction of sp³-hybridized carbons (Fsp3) is 0.412. The highest BCUT2D eigenvalue weighted by atomic mass is 35.5. The van der Waals surface area contributed by atoms with Crippen LogP contribution < -0.4 is 10.6 Å². The minimum Gasteiger partial charge on any atom is -0.379 e. The van der Waals surface area contributed by atoms with E-state index in [1.807, 2.05) is 24.3 Å². The van der Waals surface area contributed by atoms with E-state index in [0.717, 1.165) is 18.7 Å². The largest absolute Gasteiger partial charge is 0.379 e. The van der Waals surface area contributed by atoms with Gasteiger partial charge in [0.1, 0.15) is 5.76 Å². The van der Waals surface area contributed by atoms with E-state index in [1.54, 1.807) is 13.0 Å². The lowest BCUT2D eigenvalue weighted by atomic mass is 10.0. The summed E-state index contributed by atoms with van der Waals surface area (Å²) in [5, 5.41) is 10.0. The predicted molar refractivity (Wildman–Crippen MR) is 94.8 cm³/mol. The van der Waals surface area contributed by atoms with Gasteiger partial charge in [0.15, 0.2) is 5.82 Å². The van der Waals surface area contributed by atoms with Gasteiger partial charge in [-0.25, -0.2) is 4.79 Å².